The summed E-state index contributed by atoms with van der Waals surface area (Å²) in [5.74, 6) is 0.927. The standard InChI is InChI=1S/C35H51NO6P/c1-36(2,3)24-27-41-43(37)42-30-35(40-28-31-16-10-8-11-17-31)29-38-25-14-6-4-5-7-15-26-39-34-22-20-33(21-23-34)32-18-12-9-13-19-32/h8-13,16-23,35,37H,4-7,14-15,24-30H2,1-3H3/q+1. The first-order valence-corrected chi connectivity index (χ1v) is 16.6. The number of nitrogens with zero attached hydrogens (tertiary/aromatic N) is 1. The Morgan fingerprint density at radius 1 is 0.651 bits per heavy atom. The summed E-state index contributed by atoms with van der Waals surface area (Å²) in [6.07, 6.45) is 6.47. The molecule has 0 radical (unpaired) electrons. The molecule has 0 bridgehead atoms. The van der Waals surface area contributed by atoms with Gasteiger partial charge in [0.05, 0.1) is 47.6 Å². The van der Waals surface area contributed by atoms with Gasteiger partial charge in [0.15, 0.2) is 0 Å². The maximum atomic E-state index is 10.1. The largest absolute Gasteiger partial charge is 0.494 e. The molecule has 2 atom stereocenters. The Hall–Kier alpha value is -2.35. The maximum absolute atomic E-state index is 10.1. The Kier molecular flexibility index (Phi) is 16.8. The predicted molar refractivity (Wildman–Crippen MR) is 175 cm³/mol. The van der Waals surface area contributed by atoms with Crippen LogP contribution in [0.5, 0.6) is 5.75 Å². The van der Waals surface area contributed by atoms with Gasteiger partial charge in [-0.05, 0) is 41.7 Å². The fourth-order valence-electron chi connectivity index (χ4n) is 4.30. The highest BCUT2D eigenvalue weighted by Crippen LogP contribution is 2.33. The molecule has 0 heterocycles. The maximum Gasteiger partial charge on any atom is 0.330 e. The summed E-state index contributed by atoms with van der Waals surface area (Å²) in [7, 11) is 4.30. The molecule has 0 saturated carbocycles. The van der Waals surface area contributed by atoms with E-state index < -0.39 is 8.60 Å². The fourth-order valence-corrected chi connectivity index (χ4v) is 4.91. The van der Waals surface area contributed by atoms with Crippen molar-refractivity contribution in [3.05, 3.63) is 90.5 Å². The topological polar surface area (TPSA) is 66.4 Å². The van der Waals surface area contributed by atoms with Crippen LogP contribution in [0.25, 0.3) is 11.1 Å². The molecule has 7 nitrogen and oxygen atoms in total. The summed E-state index contributed by atoms with van der Waals surface area (Å²) in [5.41, 5.74) is 3.51. The molecule has 43 heavy (non-hydrogen) atoms. The summed E-state index contributed by atoms with van der Waals surface area (Å²) >= 11 is 0. The third-order valence-electron chi connectivity index (χ3n) is 6.88. The van der Waals surface area contributed by atoms with Gasteiger partial charge in [-0.3, -0.25) is 0 Å². The number of hydrogen-bond donors (Lipinski definition) is 1. The molecule has 0 aliphatic heterocycles. The van der Waals surface area contributed by atoms with Gasteiger partial charge >= 0.3 is 8.60 Å². The molecule has 0 amide bonds. The SMILES string of the molecule is C[N+](C)(C)CCOP(O)OCC(COCCCCCCCCOc1ccc(-c2ccccc2)cc1)OCc1ccccc1. The van der Waals surface area contributed by atoms with E-state index in [2.05, 4.69) is 69.7 Å². The molecular weight excluding hydrogens is 561 g/mol. The van der Waals surface area contributed by atoms with Crippen molar-refractivity contribution in [2.75, 3.05) is 60.7 Å². The number of quaternary nitrogens is 1. The normalized spacial score (nSPS) is 13.1. The zero-order chi connectivity index (χ0) is 30.6. The van der Waals surface area contributed by atoms with Crippen molar-refractivity contribution >= 4 is 8.60 Å². The lowest BCUT2D eigenvalue weighted by atomic mass is 10.1. The van der Waals surface area contributed by atoms with Crippen LogP contribution in [0.3, 0.4) is 0 Å². The summed E-state index contributed by atoms with van der Waals surface area (Å²) in [5, 5.41) is 0. The van der Waals surface area contributed by atoms with Gasteiger partial charge < -0.3 is 32.6 Å². The van der Waals surface area contributed by atoms with Crippen LogP contribution < -0.4 is 4.74 Å². The van der Waals surface area contributed by atoms with E-state index in [-0.39, 0.29) is 12.7 Å². The Labute approximate surface area is 260 Å². The highest BCUT2D eigenvalue weighted by atomic mass is 31.2. The number of unbranched alkanes of at least 4 members (excludes halogenated alkanes) is 5. The molecule has 0 fully saturated rings. The number of benzene rings is 3. The van der Waals surface area contributed by atoms with E-state index in [0.29, 0.717) is 26.4 Å². The average molecular weight is 613 g/mol. The van der Waals surface area contributed by atoms with E-state index in [0.717, 1.165) is 54.6 Å². The lowest BCUT2D eigenvalue weighted by Gasteiger charge is -2.24. The fraction of sp³-hybridized carbons (Fsp3) is 0.486. The summed E-state index contributed by atoms with van der Waals surface area (Å²) in [4.78, 5) is 10.1. The van der Waals surface area contributed by atoms with Crippen molar-refractivity contribution in [2.45, 2.75) is 51.2 Å². The monoisotopic (exact) mass is 612 g/mol. The zero-order valence-electron chi connectivity index (χ0n) is 26.2. The molecule has 0 aliphatic carbocycles. The van der Waals surface area contributed by atoms with Crippen molar-refractivity contribution in [3.63, 3.8) is 0 Å². The van der Waals surface area contributed by atoms with Crippen LogP contribution in [0.15, 0.2) is 84.9 Å². The van der Waals surface area contributed by atoms with Gasteiger partial charge in [0, 0.05) is 6.61 Å². The summed E-state index contributed by atoms with van der Waals surface area (Å²) in [6.45, 7) is 3.76. The van der Waals surface area contributed by atoms with Gasteiger partial charge in [0.25, 0.3) is 0 Å². The number of likely N-dealkylation sites (N-methyl/N-ethyl adjacent to an activating group) is 1. The van der Waals surface area contributed by atoms with Crippen LogP contribution in [-0.4, -0.2) is 76.2 Å². The smallest absolute Gasteiger partial charge is 0.330 e. The first-order valence-electron chi connectivity index (χ1n) is 15.5. The van der Waals surface area contributed by atoms with Gasteiger partial charge in [0.2, 0.25) is 0 Å². The molecule has 8 heteroatoms. The van der Waals surface area contributed by atoms with Crippen molar-refractivity contribution < 1.29 is 32.6 Å². The molecule has 3 aromatic rings. The summed E-state index contributed by atoms with van der Waals surface area (Å²) < 4.78 is 29.7. The highest BCUT2D eigenvalue weighted by Gasteiger charge is 2.16. The minimum absolute atomic E-state index is 0.221. The molecule has 236 valence electrons. The second-order valence-electron chi connectivity index (χ2n) is 11.7. The van der Waals surface area contributed by atoms with E-state index >= 15 is 0 Å². The molecular formula is C35H51NO6P+. The molecule has 0 spiro atoms. The van der Waals surface area contributed by atoms with Gasteiger partial charge in [-0.2, -0.15) is 0 Å². The average Bonchev–Trinajstić information content (AvgIpc) is 3.01. The lowest BCUT2D eigenvalue weighted by molar-refractivity contribution is -0.870. The molecule has 3 rings (SSSR count). The minimum atomic E-state index is -1.94. The number of ether oxygens (including phenoxy) is 3. The third-order valence-corrected chi connectivity index (χ3v) is 7.65. The van der Waals surface area contributed by atoms with Gasteiger partial charge in [0.1, 0.15) is 25.0 Å². The molecule has 3 aromatic carbocycles. The van der Waals surface area contributed by atoms with Gasteiger partial charge in [-0.15, -0.1) is 0 Å². The Balaban J connectivity index is 1.22. The van der Waals surface area contributed by atoms with Crippen LogP contribution >= 0.6 is 8.60 Å². The first kappa shape index (κ1) is 35.1. The van der Waals surface area contributed by atoms with Crippen molar-refractivity contribution in [1.29, 1.82) is 0 Å². The van der Waals surface area contributed by atoms with Crippen molar-refractivity contribution in [2.24, 2.45) is 0 Å². The molecule has 0 aliphatic rings. The molecule has 1 N–H and O–H groups in total. The van der Waals surface area contributed by atoms with E-state index in [1.54, 1.807) is 0 Å². The molecule has 0 saturated heterocycles. The molecule has 2 unspecified atom stereocenters. The van der Waals surface area contributed by atoms with Crippen LogP contribution in [0.2, 0.25) is 0 Å². The minimum Gasteiger partial charge on any atom is -0.494 e. The molecule has 0 aromatic heterocycles. The van der Waals surface area contributed by atoms with E-state index in [1.807, 2.05) is 36.4 Å². The van der Waals surface area contributed by atoms with Gasteiger partial charge in [-0.1, -0.05) is 98.5 Å². The van der Waals surface area contributed by atoms with Gasteiger partial charge in [-0.25, -0.2) is 0 Å². The summed E-state index contributed by atoms with van der Waals surface area (Å²) in [6, 6.07) is 28.8. The Morgan fingerprint density at radius 2 is 1.26 bits per heavy atom. The highest BCUT2D eigenvalue weighted by molar-refractivity contribution is 7.40. The van der Waals surface area contributed by atoms with Crippen molar-refractivity contribution in [1.82, 2.24) is 0 Å². The van der Waals surface area contributed by atoms with Crippen LogP contribution in [-0.2, 0) is 25.1 Å². The van der Waals surface area contributed by atoms with E-state index in [9.17, 15) is 4.89 Å². The van der Waals surface area contributed by atoms with E-state index in [1.165, 1.54) is 24.0 Å². The lowest BCUT2D eigenvalue weighted by Crippen LogP contribution is -2.37. The predicted octanol–water partition coefficient (Wildman–Crippen LogP) is 7.63. The van der Waals surface area contributed by atoms with Crippen LogP contribution in [0, 0.1) is 0 Å². The van der Waals surface area contributed by atoms with Crippen molar-refractivity contribution in [3.8, 4) is 16.9 Å². The second-order valence-corrected chi connectivity index (χ2v) is 12.7. The quantitative estimate of drug-likeness (QED) is 0.0675. The second kappa shape index (κ2) is 20.6. The van der Waals surface area contributed by atoms with Crippen LogP contribution in [0.4, 0.5) is 0 Å². The number of rotatable bonds is 23. The van der Waals surface area contributed by atoms with E-state index in [4.69, 9.17) is 23.3 Å². The van der Waals surface area contributed by atoms with Crippen LogP contribution in [0.1, 0.15) is 44.1 Å². The first-order chi connectivity index (χ1) is 20.9. The third kappa shape index (κ3) is 16.3. The Bertz CT molecular complexity index is 1090. The zero-order valence-corrected chi connectivity index (χ0v) is 27.1. The number of hydrogen-bond acceptors (Lipinski definition) is 6. The Morgan fingerprint density at radius 3 is 1.93 bits per heavy atom.